The van der Waals surface area contributed by atoms with Gasteiger partial charge < -0.3 is 9.47 Å². The van der Waals surface area contributed by atoms with Gasteiger partial charge in [0.25, 0.3) is 0 Å². The van der Waals surface area contributed by atoms with Gasteiger partial charge in [0, 0.05) is 19.3 Å². The van der Waals surface area contributed by atoms with Crippen molar-refractivity contribution in [1.29, 1.82) is 0 Å². The fraction of sp³-hybridized carbons (Fsp3) is 0.500. The summed E-state index contributed by atoms with van der Waals surface area (Å²) in [6.07, 6.45) is 5.09. The van der Waals surface area contributed by atoms with Crippen LogP contribution >= 0.6 is 0 Å². The quantitative estimate of drug-likeness (QED) is 0.541. The van der Waals surface area contributed by atoms with E-state index in [-0.39, 0.29) is 23.5 Å². The lowest BCUT2D eigenvalue weighted by Crippen LogP contribution is -2.40. The molecule has 0 unspecified atom stereocenters. The van der Waals surface area contributed by atoms with Crippen LogP contribution in [0.25, 0.3) is 10.8 Å². The molecule has 4 nitrogen and oxygen atoms in total. The zero-order chi connectivity index (χ0) is 20.1. The number of esters is 2. The summed E-state index contributed by atoms with van der Waals surface area (Å²) in [6.45, 7) is 7.19. The number of ether oxygens (including phenoxy) is 2. The lowest BCUT2D eigenvalue weighted by Gasteiger charge is -2.43. The highest BCUT2D eigenvalue weighted by Crippen LogP contribution is 2.59. The Morgan fingerprint density at radius 3 is 2.50 bits per heavy atom. The summed E-state index contributed by atoms with van der Waals surface area (Å²) in [5, 5.41) is 2.41. The summed E-state index contributed by atoms with van der Waals surface area (Å²) < 4.78 is 11.1. The van der Waals surface area contributed by atoms with Gasteiger partial charge in [0.1, 0.15) is 11.9 Å². The minimum Gasteiger partial charge on any atom is -0.462 e. The second kappa shape index (κ2) is 6.91. The summed E-state index contributed by atoms with van der Waals surface area (Å²) in [5.74, 6) is 0.602. The number of aryl methyl sites for hydroxylation is 2. The lowest BCUT2D eigenvalue weighted by atomic mass is 9.63. The van der Waals surface area contributed by atoms with E-state index < -0.39 is 0 Å². The Morgan fingerprint density at radius 2 is 1.82 bits per heavy atom. The van der Waals surface area contributed by atoms with Gasteiger partial charge >= 0.3 is 11.9 Å². The van der Waals surface area contributed by atoms with Crippen LogP contribution in [0, 0.1) is 12.3 Å². The molecule has 0 aromatic heterocycles. The first kappa shape index (κ1) is 19.0. The maximum absolute atomic E-state index is 11.6. The van der Waals surface area contributed by atoms with Gasteiger partial charge in [-0.3, -0.25) is 9.59 Å². The molecule has 0 radical (unpaired) electrons. The summed E-state index contributed by atoms with van der Waals surface area (Å²) in [6, 6.07) is 8.43. The van der Waals surface area contributed by atoms with Gasteiger partial charge in [-0.2, -0.15) is 0 Å². The van der Waals surface area contributed by atoms with Crippen molar-refractivity contribution in [2.45, 2.75) is 71.8 Å². The van der Waals surface area contributed by atoms with E-state index >= 15 is 0 Å². The predicted molar refractivity (Wildman–Crippen MR) is 109 cm³/mol. The van der Waals surface area contributed by atoms with E-state index in [2.05, 4.69) is 25.1 Å². The molecule has 2 aromatic carbocycles. The Labute approximate surface area is 166 Å². The molecule has 0 bridgehead atoms. The number of hydrogen-bond acceptors (Lipinski definition) is 4. The van der Waals surface area contributed by atoms with Gasteiger partial charge in [0.15, 0.2) is 0 Å². The van der Waals surface area contributed by atoms with E-state index in [0.29, 0.717) is 11.7 Å². The minimum absolute atomic E-state index is 0.0249. The molecule has 4 heteroatoms. The molecular weight excluding hydrogens is 352 g/mol. The summed E-state index contributed by atoms with van der Waals surface area (Å²) in [7, 11) is 0. The van der Waals surface area contributed by atoms with Gasteiger partial charge in [-0.15, -0.1) is 0 Å². The molecule has 1 saturated carbocycles. The van der Waals surface area contributed by atoms with Crippen LogP contribution in [0.4, 0.5) is 0 Å². The number of hydrogen-bond donors (Lipinski definition) is 0. The number of rotatable bonds is 3. The molecule has 0 N–H and O–H groups in total. The molecule has 2 aromatic rings. The number of benzene rings is 2. The Morgan fingerprint density at radius 1 is 1.07 bits per heavy atom. The van der Waals surface area contributed by atoms with Crippen LogP contribution in [-0.4, -0.2) is 18.0 Å². The van der Waals surface area contributed by atoms with E-state index in [9.17, 15) is 9.59 Å². The normalized spacial score (nSPS) is 25.9. The molecule has 2 aliphatic carbocycles. The van der Waals surface area contributed by atoms with Crippen LogP contribution in [0.2, 0.25) is 0 Å². The second-order valence-corrected chi connectivity index (χ2v) is 8.33. The fourth-order valence-electron chi connectivity index (χ4n) is 5.79. The van der Waals surface area contributed by atoms with Gasteiger partial charge in [0.2, 0.25) is 0 Å². The molecule has 0 heterocycles. The van der Waals surface area contributed by atoms with E-state index in [1.807, 2.05) is 13.0 Å². The van der Waals surface area contributed by atoms with Crippen molar-refractivity contribution < 1.29 is 19.1 Å². The van der Waals surface area contributed by atoms with Crippen molar-refractivity contribution in [2.24, 2.45) is 5.41 Å². The SMILES string of the molecule is CC[C@]12CCc3c(ccc4c(C)c(OC(C)=O)ccc34)[C@@H]1CC[C@H]2OC(C)=O. The fourth-order valence-corrected chi connectivity index (χ4v) is 5.79. The van der Waals surface area contributed by atoms with Crippen LogP contribution in [0.5, 0.6) is 5.75 Å². The predicted octanol–water partition coefficient (Wildman–Crippen LogP) is 5.23. The molecule has 0 amide bonds. The topological polar surface area (TPSA) is 52.6 Å². The zero-order valence-corrected chi connectivity index (χ0v) is 17.1. The molecule has 1 fully saturated rings. The van der Waals surface area contributed by atoms with Crippen molar-refractivity contribution in [2.75, 3.05) is 0 Å². The Bertz CT molecular complexity index is 961. The molecule has 0 aliphatic heterocycles. The zero-order valence-electron chi connectivity index (χ0n) is 17.1. The smallest absolute Gasteiger partial charge is 0.308 e. The number of carbonyl (C=O) groups is 2. The maximum atomic E-state index is 11.6. The van der Waals surface area contributed by atoms with E-state index in [1.54, 1.807) is 0 Å². The van der Waals surface area contributed by atoms with Gasteiger partial charge in [-0.25, -0.2) is 0 Å². The molecular formula is C24H28O4. The van der Waals surface area contributed by atoms with Crippen molar-refractivity contribution in [3.8, 4) is 5.75 Å². The highest BCUT2D eigenvalue weighted by molar-refractivity contribution is 5.92. The molecule has 0 spiro atoms. The second-order valence-electron chi connectivity index (χ2n) is 8.33. The van der Waals surface area contributed by atoms with Crippen LogP contribution < -0.4 is 4.74 Å². The molecule has 0 saturated heterocycles. The average Bonchev–Trinajstić information content (AvgIpc) is 3.01. The van der Waals surface area contributed by atoms with Gasteiger partial charge in [-0.05, 0) is 78.5 Å². The van der Waals surface area contributed by atoms with E-state index in [0.717, 1.165) is 43.1 Å². The third-order valence-electron chi connectivity index (χ3n) is 7.06. The first-order valence-electron chi connectivity index (χ1n) is 10.3. The van der Waals surface area contributed by atoms with E-state index in [1.165, 1.54) is 30.4 Å². The van der Waals surface area contributed by atoms with Crippen molar-refractivity contribution in [3.05, 3.63) is 41.0 Å². The third kappa shape index (κ3) is 2.81. The monoisotopic (exact) mass is 380 g/mol. The molecule has 148 valence electrons. The van der Waals surface area contributed by atoms with Crippen LogP contribution in [0.15, 0.2) is 24.3 Å². The summed E-state index contributed by atoms with van der Waals surface area (Å²) >= 11 is 0. The maximum Gasteiger partial charge on any atom is 0.308 e. The lowest BCUT2D eigenvalue weighted by molar-refractivity contribution is -0.153. The summed E-state index contributed by atoms with van der Waals surface area (Å²) in [5.41, 5.74) is 3.88. The highest BCUT2D eigenvalue weighted by Gasteiger charge is 2.53. The van der Waals surface area contributed by atoms with Crippen molar-refractivity contribution >= 4 is 22.7 Å². The first-order valence-corrected chi connectivity index (χ1v) is 10.3. The minimum atomic E-state index is -0.296. The Kier molecular flexibility index (Phi) is 4.68. The molecule has 28 heavy (non-hydrogen) atoms. The summed E-state index contributed by atoms with van der Waals surface area (Å²) in [4.78, 5) is 23.0. The van der Waals surface area contributed by atoms with Gasteiger partial charge in [0.05, 0.1) is 0 Å². The van der Waals surface area contributed by atoms with E-state index in [4.69, 9.17) is 9.47 Å². The molecule has 3 atom stereocenters. The Hall–Kier alpha value is -2.36. The standard InChI is InChI=1S/C24H28O4/c1-5-24-13-12-19-18-8-10-22(27-15(3)25)14(2)17(18)6-7-20(19)21(24)9-11-23(24)28-16(4)26/h6-8,10,21,23H,5,9,11-13H2,1-4H3/t21-,23+,24-/m0/s1. The van der Waals surface area contributed by atoms with Crippen LogP contribution in [0.3, 0.4) is 0 Å². The highest BCUT2D eigenvalue weighted by atomic mass is 16.5. The van der Waals surface area contributed by atoms with Crippen molar-refractivity contribution in [1.82, 2.24) is 0 Å². The molecule has 2 aliphatic rings. The number of carbonyl (C=O) groups excluding carboxylic acids is 2. The first-order chi connectivity index (χ1) is 13.4. The average molecular weight is 380 g/mol. The Balaban J connectivity index is 1.79. The number of fused-ring (bicyclic) bond motifs is 5. The van der Waals surface area contributed by atoms with Crippen LogP contribution in [0.1, 0.15) is 69.1 Å². The largest absolute Gasteiger partial charge is 0.462 e. The van der Waals surface area contributed by atoms with Crippen LogP contribution in [-0.2, 0) is 20.7 Å². The molecule has 4 rings (SSSR count). The van der Waals surface area contributed by atoms with Gasteiger partial charge in [-0.1, -0.05) is 25.1 Å². The third-order valence-corrected chi connectivity index (χ3v) is 7.06. The van der Waals surface area contributed by atoms with Crippen molar-refractivity contribution in [3.63, 3.8) is 0 Å².